The number of nitrogens with one attached hydrogen (secondary N) is 2. The molecule has 0 aliphatic carbocycles. The van der Waals surface area contributed by atoms with Crippen molar-refractivity contribution in [2.45, 2.75) is 25.8 Å². The third-order valence-corrected chi connectivity index (χ3v) is 5.92. The minimum atomic E-state index is -0.154. The fourth-order valence-corrected chi connectivity index (χ4v) is 3.87. The summed E-state index contributed by atoms with van der Waals surface area (Å²) in [5, 5.41) is 4.10. The van der Waals surface area contributed by atoms with Crippen LogP contribution in [0.15, 0.2) is 85.1 Å². The number of carbonyl (C=O) groups excluding carboxylic acids is 2. The van der Waals surface area contributed by atoms with Crippen molar-refractivity contribution in [1.29, 1.82) is 0 Å². The molecule has 4 aromatic rings. The lowest BCUT2D eigenvalue weighted by Crippen LogP contribution is -2.29. The third kappa shape index (κ3) is 4.72. The molecule has 2 amide bonds. The number of nitrogens with zero attached hydrogens (tertiary/aromatic N) is 1. The smallest absolute Gasteiger partial charge is 0.255 e. The summed E-state index contributed by atoms with van der Waals surface area (Å²) in [6, 6.07) is 24.8. The highest BCUT2D eigenvalue weighted by Gasteiger charge is 2.18. The summed E-state index contributed by atoms with van der Waals surface area (Å²) in [4.78, 5) is 30.4. The second-order valence-corrected chi connectivity index (χ2v) is 7.99. The highest BCUT2D eigenvalue weighted by atomic mass is 16.2. The molecule has 0 bridgehead atoms. The van der Waals surface area contributed by atoms with Gasteiger partial charge in [-0.3, -0.25) is 9.59 Å². The molecule has 0 spiro atoms. The van der Waals surface area contributed by atoms with E-state index in [4.69, 9.17) is 0 Å². The van der Waals surface area contributed by atoms with E-state index in [9.17, 15) is 9.59 Å². The largest absolute Gasteiger partial charge is 0.361 e. The van der Waals surface area contributed by atoms with Crippen molar-refractivity contribution in [3.8, 4) is 0 Å². The minimum absolute atomic E-state index is 0.0847. The number of rotatable bonds is 7. The summed E-state index contributed by atoms with van der Waals surface area (Å²) in [6.07, 6.45) is 3.11. The summed E-state index contributed by atoms with van der Waals surface area (Å²) in [5.41, 5.74) is 4.53. The quantitative estimate of drug-likeness (QED) is 0.406. The number of aryl methyl sites for hydroxylation is 1. The number of hydrogen-bond acceptors (Lipinski definition) is 2. The third-order valence-electron chi connectivity index (χ3n) is 5.92. The Kier molecular flexibility index (Phi) is 6.36. The van der Waals surface area contributed by atoms with Gasteiger partial charge in [0.15, 0.2) is 0 Å². The van der Waals surface area contributed by atoms with Crippen molar-refractivity contribution in [1.82, 2.24) is 9.88 Å². The van der Waals surface area contributed by atoms with Gasteiger partial charge in [-0.15, -0.1) is 0 Å². The number of para-hydroxylation sites is 1. The molecule has 1 heterocycles. The molecule has 1 atom stereocenters. The first-order valence-electron chi connectivity index (χ1n) is 10.8. The van der Waals surface area contributed by atoms with Crippen molar-refractivity contribution in [2.75, 3.05) is 12.4 Å². The monoisotopic (exact) mass is 425 g/mol. The molecular weight excluding hydrogens is 398 g/mol. The zero-order chi connectivity index (χ0) is 22.5. The molecule has 5 heteroatoms. The van der Waals surface area contributed by atoms with Gasteiger partial charge in [-0.1, -0.05) is 48.5 Å². The predicted octanol–water partition coefficient (Wildman–Crippen LogP) is 5.57. The first-order chi connectivity index (χ1) is 15.5. The molecule has 3 aromatic carbocycles. The Labute approximate surface area is 188 Å². The molecule has 0 aliphatic heterocycles. The van der Waals surface area contributed by atoms with Gasteiger partial charge in [0.2, 0.25) is 5.91 Å². The van der Waals surface area contributed by atoms with Crippen molar-refractivity contribution in [3.05, 3.63) is 102 Å². The number of carbonyl (C=O) groups is 2. The lowest BCUT2D eigenvalue weighted by atomic mass is 10.0. The van der Waals surface area contributed by atoms with Crippen LogP contribution >= 0.6 is 0 Å². The molecule has 32 heavy (non-hydrogen) atoms. The maximum Gasteiger partial charge on any atom is 0.255 e. The Morgan fingerprint density at radius 3 is 2.53 bits per heavy atom. The maximum atomic E-state index is 12.9. The second-order valence-electron chi connectivity index (χ2n) is 7.99. The van der Waals surface area contributed by atoms with E-state index in [-0.39, 0.29) is 17.9 Å². The Hall–Kier alpha value is -3.86. The van der Waals surface area contributed by atoms with Crippen LogP contribution in [0.5, 0.6) is 0 Å². The first kappa shape index (κ1) is 21.4. The first-order valence-corrected chi connectivity index (χ1v) is 10.8. The number of aromatic amines is 1. The van der Waals surface area contributed by atoms with Crippen LogP contribution in [0.4, 0.5) is 5.69 Å². The van der Waals surface area contributed by atoms with Crippen LogP contribution in [0, 0.1) is 0 Å². The molecular formula is C27H27N3O2. The van der Waals surface area contributed by atoms with E-state index in [1.54, 1.807) is 17.0 Å². The van der Waals surface area contributed by atoms with Crippen molar-refractivity contribution in [2.24, 2.45) is 0 Å². The Morgan fingerprint density at radius 1 is 0.969 bits per heavy atom. The molecule has 1 aromatic heterocycles. The molecule has 0 saturated heterocycles. The molecule has 0 radical (unpaired) electrons. The Bertz CT molecular complexity index is 1230. The summed E-state index contributed by atoms with van der Waals surface area (Å²) in [7, 11) is 1.83. The topological polar surface area (TPSA) is 65.2 Å². The van der Waals surface area contributed by atoms with Gasteiger partial charge in [0.25, 0.3) is 5.91 Å². The van der Waals surface area contributed by atoms with Gasteiger partial charge in [-0.2, -0.15) is 0 Å². The molecule has 0 saturated carbocycles. The number of amides is 2. The molecule has 0 aliphatic rings. The number of aromatic nitrogens is 1. The van der Waals surface area contributed by atoms with Gasteiger partial charge < -0.3 is 15.2 Å². The highest BCUT2D eigenvalue weighted by Crippen LogP contribution is 2.24. The van der Waals surface area contributed by atoms with Crippen LogP contribution in [0.1, 0.15) is 40.9 Å². The second kappa shape index (κ2) is 9.52. The van der Waals surface area contributed by atoms with Crippen LogP contribution in [-0.2, 0) is 11.2 Å². The number of H-pyrrole nitrogens is 1. The van der Waals surface area contributed by atoms with E-state index < -0.39 is 0 Å². The Morgan fingerprint density at radius 2 is 1.72 bits per heavy atom. The van der Waals surface area contributed by atoms with Gasteiger partial charge in [0.1, 0.15) is 0 Å². The number of hydrogen-bond donors (Lipinski definition) is 2. The van der Waals surface area contributed by atoms with Gasteiger partial charge in [-0.25, -0.2) is 0 Å². The van der Waals surface area contributed by atoms with E-state index >= 15 is 0 Å². The standard InChI is InChI=1S/C27H27N3O2/c1-19(21-11-8-12-23(17-21)29-27(32)20-9-4-3-5-10-20)30(2)26(31)16-15-22-18-28-25-14-7-6-13-24(22)25/h3-14,17-19,28H,15-16H2,1-2H3,(H,29,32). The van der Waals surface area contributed by atoms with Crippen molar-refractivity contribution in [3.63, 3.8) is 0 Å². The number of fused-ring (bicyclic) bond motifs is 1. The van der Waals surface area contributed by atoms with E-state index in [1.807, 2.05) is 80.8 Å². The summed E-state index contributed by atoms with van der Waals surface area (Å²) >= 11 is 0. The average Bonchev–Trinajstić information content (AvgIpc) is 3.25. The van der Waals surface area contributed by atoms with Gasteiger partial charge in [0, 0.05) is 41.8 Å². The molecule has 0 fully saturated rings. The van der Waals surface area contributed by atoms with Crippen LogP contribution in [-0.4, -0.2) is 28.7 Å². The van der Waals surface area contributed by atoms with E-state index in [0.717, 1.165) is 22.0 Å². The van der Waals surface area contributed by atoms with Crippen LogP contribution < -0.4 is 5.32 Å². The fourth-order valence-electron chi connectivity index (χ4n) is 3.87. The van der Waals surface area contributed by atoms with Gasteiger partial charge in [-0.05, 0) is 54.8 Å². The number of anilines is 1. The van der Waals surface area contributed by atoms with E-state index in [1.165, 1.54) is 0 Å². The van der Waals surface area contributed by atoms with Crippen LogP contribution in [0.2, 0.25) is 0 Å². The SMILES string of the molecule is CC(c1cccc(NC(=O)c2ccccc2)c1)N(C)C(=O)CCc1c[nH]c2ccccc12. The van der Waals surface area contributed by atoms with Gasteiger partial charge in [0.05, 0.1) is 6.04 Å². The zero-order valence-electron chi connectivity index (χ0n) is 18.3. The van der Waals surface area contributed by atoms with E-state index in [0.29, 0.717) is 24.1 Å². The van der Waals surface area contributed by atoms with Crippen molar-refractivity contribution < 1.29 is 9.59 Å². The summed E-state index contributed by atoms with van der Waals surface area (Å²) in [5.74, 6) is -0.0694. The zero-order valence-corrected chi connectivity index (χ0v) is 18.3. The number of benzene rings is 3. The summed E-state index contributed by atoms with van der Waals surface area (Å²) < 4.78 is 0. The minimum Gasteiger partial charge on any atom is -0.361 e. The van der Waals surface area contributed by atoms with E-state index in [2.05, 4.69) is 16.4 Å². The normalized spacial score (nSPS) is 11.8. The Balaban J connectivity index is 1.39. The molecule has 1 unspecified atom stereocenters. The molecule has 162 valence electrons. The summed E-state index contributed by atoms with van der Waals surface area (Å²) in [6.45, 7) is 2.00. The van der Waals surface area contributed by atoms with Gasteiger partial charge >= 0.3 is 0 Å². The average molecular weight is 426 g/mol. The predicted molar refractivity (Wildman–Crippen MR) is 129 cm³/mol. The van der Waals surface area contributed by atoms with Crippen LogP contribution in [0.25, 0.3) is 10.9 Å². The van der Waals surface area contributed by atoms with Crippen LogP contribution in [0.3, 0.4) is 0 Å². The lowest BCUT2D eigenvalue weighted by molar-refractivity contribution is -0.131. The molecule has 5 nitrogen and oxygen atoms in total. The highest BCUT2D eigenvalue weighted by molar-refractivity contribution is 6.04. The molecule has 2 N–H and O–H groups in total. The molecule has 4 rings (SSSR count). The lowest BCUT2D eigenvalue weighted by Gasteiger charge is -2.26. The van der Waals surface area contributed by atoms with Crippen molar-refractivity contribution >= 4 is 28.4 Å². The fraction of sp³-hybridized carbons (Fsp3) is 0.185. The maximum absolute atomic E-state index is 12.9.